The number of hydrogen-bond donors (Lipinski definition) is 0. The molecule has 0 saturated carbocycles. The van der Waals surface area contributed by atoms with E-state index in [0.29, 0.717) is 5.75 Å². The molecule has 72 valence electrons. The molecule has 4 nitrogen and oxygen atoms in total. The van der Waals surface area contributed by atoms with Crippen LogP contribution in [0.15, 0.2) is 0 Å². The molecule has 0 bridgehead atoms. The highest BCUT2D eigenvalue weighted by Crippen LogP contribution is 2.00. The molecule has 0 aromatic rings. The second-order valence-corrected chi connectivity index (χ2v) is 3.89. The van der Waals surface area contributed by atoms with Gasteiger partial charge in [0.15, 0.2) is 0 Å². The number of carbonyl (C=O) groups is 1. The van der Waals surface area contributed by atoms with Crippen LogP contribution >= 0.6 is 0 Å². The van der Waals surface area contributed by atoms with Gasteiger partial charge in [0.1, 0.15) is 5.94 Å². The van der Waals surface area contributed by atoms with E-state index in [1.165, 1.54) is 14.2 Å². The third-order valence-corrected chi connectivity index (χ3v) is 2.66. The fraction of sp³-hybridized carbons (Fsp3) is 0.857. The van der Waals surface area contributed by atoms with E-state index >= 15 is 0 Å². The Kier molecular flexibility index (Phi) is 5.92. The van der Waals surface area contributed by atoms with Crippen molar-refractivity contribution in [2.24, 2.45) is 5.92 Å². The van der Waals surface area contributed by atoms with Crippen LogP contribution in [0.4, 0.5) is 0 Å². The maximum Gasteiger partial charge on any atom is 0.309 e. The minimum Gasteiger partial charge on any atom is -0.469 e. The van der Waals surface area contributed by atoms with Crippen molar-refractivity contribution in [2.75, 3.05) is 25.9 Å². The summed E-state index contributed by atoms with van der Waals surface area (Å²) in [6, 6.07) is 0. The lowest BCUT2D eigenvalue weighted by molar-refractivity contribution is -0.144. The van der Waals surface area contributed by atoms with E-state index in [9.17, 15) is 9.00 Å². The van der Waals surface area contributed by atoms with Crippen molar-refractivity contribution in [1.82, 2.24) is 0 Å². The largest absolute Gasteiger partial charge is 0.469 e. The Morgan fingerprint density at radius 3 is 2.50 bits per heavy atom. The molecule has 0 radical (unpaired) electrons. The molecular formula is C7H14O4S. The standard InChI is InChI=1S/C7H14O4S/c1-6(7(8)11-3)4-12(9)5-10-2/h6H,4-5H2,1-3H3. The lowest BCUT2D eigenvalue weighted by Crippen LogP contribution is -2.20. The number of hydrogen-bond acceptors (Lipinski definition) is 4. The van der Waals surface area contributed by atoms with Gasteiger partial charge in [-0.15, -0.1) is 0 Å². The van der Waals surface area contributed by atoms with Crippen LogP contribution in [0.25, 0.3) is 0 Å². The van der Waals surface area contributed by atoms with E-state index in [1.807, 2.05) is 0 Å². The second-order valence-electron chi connectivity index (χ2n) is 2.44. The molecule has 0 fully saturated rings. The van der Waals surface area contributed by atoms with Gasteiger partial charge in [-0.25, -0.2) is 0 Å². The predicted molar refractivity (Wildman–Crippen MR) is 46.1 cm³/mol. The first-order valence-electron chi connectivity index (χ1n) is 3.53. The number of ether oxygens (including phenoxy) is 2. The van der Waals surface area contributed by atoms with Crippen molar-refractivity contribution >= 4 is 16.8 Å². The third-order valence-electron chi connectivity index (χ3n) is 1.29. The van der Waals surface area contributed by atoms with Gasteiger partial charge in [-0.3, -0.25) is 9.00 Å². The number of rotatable bonds is 5. The summed E-state index contributed by atoms with van der Waals surface area (Å²) in [5.41, 5.74) is 0. The monoisotopic (exact) mass is 194 g/mol. The van der Waals surface area contributed by atoms with Crippen LogP contribution in [0.1, 0.15) is 6.92 Å². The smallest absolute Gasteiger partial charge is 0.309 e. The Morgan fingerprint density at radius 1 is 1.50 bits per heavy atom. The molecule has 0 aliphatic rings. The first-order valence-corrected chi connectivity index (χ1v) is 5.02. The lowest BCUT2D eigenvalue weighted by Gasteiger charge is -2.07. The van der Waals surface area contributed by atoms with Crippen LogP contribution in [-0.2, 0) is 25.1 Å². The minimum atomic E-state index is -1.10. The van der Waals surface area contributed by atoms with Gasteiger partial charge < -0.3 is 9.47 Å². The Balaban J connectivity index is 3.75. The Hall–Kier alpha value is -0.420. The summed E-state index contributed by atoms with van der Waals surface area (Å²) in [7, 11) is 1.70. The van der Waals surface area contributed by atoms with Crippen molar-refractivity contribution in [1.29, 1.82) is 0 Å². The second kappa shape index (κ2) is 6.14. The molecule has 0 saturated heterocycles. The quantitative estimate of drug-likeness (QED) is 0.584. The first kappa shape index (κ1) is 11.6. The summed E-state index contributed by atoms with van der Waals surface area (Å²) in [4.78, 5) is 10.9. The molecule has 5 heteroatoms. The summed E-state index contributed by atoms with van der Waals surface area (Å²) >= 11 is 0. The van der Waals surface area contributed by atoms with Crippen molar-refractivity contribution in [3.05, 3.63) is 0 Å². The van der Waals surface area contributed by atoms with Gasteiger partial charge in [0.05, 0.1) is 13.0 Å². The van der Waals surface area contributed by atoms with Gasteiger partial charge in [0, 0.05) is 23.7 Å². The molecule has 0 amide bonds. The Morgan fingerprint density at radius 2 is 2.08 bits per heavy atom. The van der Waals surface area contributed by atoms with Crippen molar-refractivity contribution in [3.8, 4) is 0 Å². The van der Waals surface area contributed by atoms with Crippen molar-refractivity contribution in [3.63, 3.8) is 0 Å². The maximum absolute atomic E-state index is 11.1. The van der Waals surface area contributed by atoms with Crippen LogP contribution in [0.3, 0.4) is 0 Å². The normalized spacial score (nSPS) is 15.2. The average Bonchev–Trinajstić information content (AvgIpc) is 2.03. The van der Waals surface area contributed by atoms with Gasteiger partial charge in [0.2, 0.25) is 0 Å². The molecule has 0 aliphatic heterocycles. The fourth-order valence-electron chi connectivity index (χ4n) is 0.728. The van der Waals surface area contributed by atoms with E-state index in [1.54, 1.807) is 6.92 Å². The zero-order chi connectivity index (χ0) is 9.56. The molecular weight excluding hydrogens is 180 g/mol. The van der Waals surface area contributed by atoms with Crippen LogP contribution in [-0.4, -0.2) is 36.1 Å². The van der Waals surface area contributed by atoms with Gasteiger partial charge in [0.25, 0.3) is 0 Å². The molecule has 12 heavy (non-hydrogen) atoms. The maximum atomic E-state index is 11.1. The summed E-state index contributed by atoms with van der Waals surface area (Å²) in [6.07, 6.45) is 0. The summed E-state index contributed by atoms with van der Waals surface area (Å²) in [5, 5.41) is 0. The first-order chi connectivity index (χ1) is 5.61. The van der Waals surface area contributed by atoms with Crippen molar-refractivity contribution in [2.45, 2.75) is 6.92 Å². The Labute approximate surface area is 74.7 Å². The van der Waals surface area contributed by atoms with Crippen molar-refractivity contribution < 1.29 is 18.5 Å². The molecule has 0 aromatic heterocycles. The van der Waals surface area contributed by atoms with E-state index in [0.717, 1.165) is 0 Å². The number of esters is 1. The van der Waals surface area contributed by atoms with Crippen LogP contribution in [0.5, 0.6) is 0 Å². The van der Waals surface area contributed by atoms with E-state index in [4.69, 9.17) is 0 Å². The predicted octanol–water partition coefficient (Wildman–Crippen LogP) is 0.148. The fourth-order valence-corrected chi connectivity index (χ4v) is 1.78. The molecule has 0 N–H and O–H groups in total. The average molecular weight is 194 g/mol. The minimum absolute atomic E-state index is 0.168. The van der Waals surface area contributed by atoms with E-state index in [-0.39, 0.29) is 17.8 Å². The van der Waals surface area contributed by atoms with Crippen LogP contribution in [0.2, 0.25) is 0 Å². The van der Waals surface area contributed by atoms with Gasteiger partial charge in [-0.2, -0.15) is 0 Å². The van der Waals surface area contributed by atoms with Crippen LogP contribution in [0, 0.1) is 5.92 Å². The lowest BCUT2D eigenvalue weighted by atomic mass is 10.2. The summed E-state index contributed by atoms with van der Waals surface area (Å²) < 4.78 is 20.2. The molecule has 0 aliphatic carbocycles. The van der Waals surface area contributed by atoms with E-state index < -0.39 is 10.8 Å². The highest BCUT2D eigenvalue weighted by molar-refractivity contribution is 7.84. The van der Waals surface area contributed by atoms with Crippen LogP contribution < -0.4 is 0 Å². The molecule has 0 heterocycles. The zero-order valence-electron chi connectivity index (χ0n) is 7.53. The SMILES string of the molecule is COCS(=O)CC(C)C(=O)OC. The van der Waals surface area contributed by atoms with Gasteiger partial charge in [-0.05, 0) is 0 Å². The summed E-state index contributed by atoms with van der Waals surface area (Å²) in [6.45, 7) is 1.68. The molecule has 0 aromatic carbocycles. The molecule has 2 unspecified atom stereocenters. The molecule has 2 atom stereocenters. The molecule has 0 rings (SSSR count). The van der Waals surface area contributed by atoms with E-state index in [2.05, 4.69) is 9.47 Å². The van der Waals surface area contributed by atoms with Gasteiger partial charge >= 0.3 is 5.97 Å². The number of carbonyl (C=O) groups excluding carboxylic acids is 1. The Bertz CT molecular complexity index is 169. The summed E-state index contributed by atoms with van der Waals surface area (Å²) in [5.74, 6) is -0.201. The number of methoxy groups -OCH3 is 2. The highest BCUT2D eigenvalue weighted by Gasteiger charge is 2.15. The topological polar surface area (TPSA) is 52.6 Å². The highest BCUT2D eigenvalue weighted by atomic mass is 32.2. The zero-order valence-corrected chi connectivity index (χ0v) is 8.35. The molecule has 0 spiro atoms. The van der Waals surface area contributed by atoms with Gasteiger partial charge in [-0.1, -0.05) is 6.92 Å². The third kappa shape index (κ3) is 4.46.